The summed E-state index contributed by atoms with van der Waals surface area (Å²) in [5.41, 5.74) is 9.86. The first-order valence-corrected chi connectivity index (χ1v) is 7.18. The Hall–Kier alpha value is -0.870. The maximum absolute atomic E-state index is 5.91. The fraction of sp³-hybridized carbons (Fsp3) is 0.571. The molecule has 0 aromatic rings. The lowest BCUT2D eigenvalue weighted by atomic mass is 10.0. The molecule has 0 aromatic heterocycles. The first-order chi connectivity index (χ1) is 8.47. The number of allylic oxidation sites excluding steroid dienone is 3. The summed E-state index contributed by atoms with van der Waals surface area (Å²) in [6, 6.07) is 0. The van der Waals surface area contributed by atoms with Crippen LogP contribution in [-0.2, 0) is 0 Å². The summed E-state index contributed by atoms with van der Waals surface area (Å²) in [6.07, 6.45) is 2.61. The van der Waals surface area contributed by atoms with E-state index in [0.29, 0.717) is 5.70 Å². The number of nitrogens with zero attached hydrogens (tertiary/aromatic N) is 1. The predicted molar refractivity (Wildman–Crippen MR) is 81.9 cm³/mol. The van der Waals surface area contributed by atoms with E-state index in [-0.39, 0.29) is 0 Å². The van der Waals surface area contributed by atoms with Crippen LogP contribution in [-0.4, -0.2) is 24.4 Å². The van der Waals surface area contributed by atoms with Crippen molar-refractivity contribution in [2.24, 2.45) is 5.73 Å². The molecule has 4 heteroatoms. The standard InChI is InChI=1S/C14H25N3S/c1-10(14(11(2)15)12(3)16-5)13(4)18-17-8-6-7-9-17/h16H,2,6-9,15H2,1,3-5H3/b13-10+,14-12-. The molecule has 0 aromatic carbocycles. The van der Waals surface area contributed by atoms with Gasteiger partial charge in [0.05, 0.1) is 0 Å². The highest BCUT2D eigenvalue weighted by atomic mass is 32.2. The van der Waals surface area contributed by atoms with Crippen LogP contribution in [0.2, 0.25) is 0 Å². The van der Waals surface area contributed by atoms with E-state index >= 15 is 0 Å². The second kappa shape index (κ2) is 6.90. The van der Waals surface area contributed by atoms with Crippen molar-refractivity contribution in [3.8, 4) is 0 Å². The fourth-order valence-corrected chi connectivity index (χ4v) is 3.17. The molecule has 1 rings (SSSR count). The van der Waals surface area contributed by atoms with Gasteiger partial charge >= 0.3 is 0 Å². The van der Waals surface area contributed by atoms with Crippen molar-refractivity contribution >= 4 is 11.9 Å². The summed E-state index contributed by atoms with van der Waals surface area (Å²) in [5, 5.41) is 3.16. The predicted octanol–water partition coefficient (Wildman–Crippen LogP) is 2.99. The van der Waals surface area contributed by atoms with Crippen molar-refractivity contribution < 1.29 is 0 Å². The molecule has 0 bridgehead atoms. The van der Waals surface area contributed by atoms with Crippen LogP contribution in [0.1, 0.15) is 33.6 Å². The van der Waals surface area contributed by atoms with Gasteiger partial charge in [-0.2, -0.15) is 0 Å². The fourth-order valence-electron chi connectivity index (χ4n) is 2.11. The zero-order valence-electron chi connectivity index (χ0n) is 12.0. The summed E-state index contributed by atoms with van der Waals surface area (Å²) in [4.78, 5) is 1.30. The third-order valence-corrected chi connectivity index (χ3v) is 4.51. The van der Waals surface area contributed by atoms with E-state index in [1.165, 1.54) is 36.4 Å². The van der Waals surface area contributed by atoms with Crippen LogP contribution in [0.5, 0.6) is 0 Å². The Morgan fingerprint density at radius 3 is 2.22 bits per heavy atom. The molecule has 0 unspecified atom stereocenters. The minimum atomic E-state index is 0.626. The van der Waals surface area contributed by atoms with Gasteiger partial charge in [-0.3, -0.25) is 0 Å². The molecule has 3 N–H and O–H groups in total. The maximum atomic E-state index is 5.91. The van der Waals surface area contributed by atoms with Crippen LogP contribution >= 0.6 is 11.9 Å². The lowest BCUT2D eigenvalue weighted by Gasteiger charge is -2.19. The molecular formula is C14H25N3S. The lowest BCUT2D eigenvalue weighted by molar-refractivity contribution is 0.589. The molecule has 0 radical (unpaired) electrons. The van der Waals surface area contributed by atoms with Crippen molar-refractivity contribution in [3.63, 3.8) is 0 Å². The molecule has 1 heterocycles. The lowest BCUT2D eigenvalue weighted by Crippen LogP contribution is -2.13. The van der Waals surface area contributed by atoms with Gasteiger partial charge in [0.1, 0.15) is 0 Å². The van der Waals surface area contributed by atoms with Crippen LogP contribution in [0.15, 0.2) is 34.0 Å². The van der Waals surface area contributed by atoms with Crippen molar-refractivity contribution in [2.45, 2.75) is 33.6 Å². The van der Waals surface area contributed by atoms with Gasteiger partial charge in [0, 0.05) is 42.0 Å². The van der Waals surface area contributed by atoms with Gasteiger partial charge in [-0.15, -0.1) is 0 Å². The highest BCUT2D eigenvalue weighted by molar-refractivity contribution is 8.00. The number of hydrogen-bond donors (Lipinski definition) is 2. The molecule has 1 aliphatic rings. The Balaban J connectivity index is 2.92. The number of nitrogens with one attached hydrogen (secondary N) is 1. The maximum Gasteiger partial charge on any atom is 0.0334 e. The number of rotatable bonds is 5. The van der Waals surface area contributed by atoms with Gasteiger partial charge in [0.15, 0.2) is 0 Å². The summed E-state index contributed by atoms with van der Waals surface area (Å²) in [6.45, 7) is 12.6. The van der Waals surface area contributed by atoms with E-state index in [9.17, 15) is 0 Å². The molecule has 1 fully saturated rings. The van der Waals surface area contributed by atoms with Gasteiger partial charge in [-0.25, -0.2) is 4.31 Å². The summed E-state index contributed by atoms with van der Waals surface area (Å²) in [5.74, 6) is 0. The Morgan fingerprint density at radius 2 is 1.78 bits per heavy atom. The van der Waals surface area contributed by atoms with E-state index in [2.05, 4.69) is 30.0 Å². The topological polar surface area (TPSA) is 41.3 Å². The molecule has 1 aliphatic heterocycles. The zero-order valence-corrected chi connectivity index (χ0v) is 12.8. The molecule has 0 atom stereocenters. The molecular weight excluding hydrogens is 242 g/mol. The normalized spacial score (nSPS) is 19.3. The Bertz CT molecular complexity index is 377. The quantitative estimate of drug-likeness (QED) is 0.593. The average Bonchev–Trinajstić information content (AvgIpc) is 2.81. The van der Waals surface area contributed by atoms with Crippen LogP contribution in [0.25, 0.3) is 0 Å². The summed E-state index contributed by atoms with van der Waals surface area (Å²) >= 11 is 1.84. The van der Waals surface area contributed by atoms with Crippen molar-refractivity contribution in [1.29, 1.82) is 0 Å². The molecule has 0 saturated carbocycles. The molecule has 0 spiro atoms. The number of hydrogen-bond acceptors (Lipinski definition) is 4. The van der Waals surface area contributed by atoms with Crippen LogP contribution in [0, 0.1) is 0 Å². The second-order valence-electron chi connectivity index (χ2n) is 4.68. The smallest absolute Gasteiger partial charge is 0.0334 e. The van der Waals surface area contributed by atoms with E-state index in [4.69, 9.17) is 5.73 Å². The van der Waals surface area contributed by atoms with Gasteiger partial charge in [0.25, 0.3) is 0 Å². The van der Waals surface area contributed by atoms with E-state index in [0.717, 1.165) is 11.3 Å². The van der Waals surface area contributed by atoms with Gasteiger partial charge in [0.2, 0.25) is 0 Å². The second-order valence-corrected chi connectivity index (χ2v) is 6.00. The molecule has 102 valence electrons. The zero-order chi connectivity index (χ0) is 13.7. The van der Waals surface area contributed by atoms with E-state index < -0.39 is 0 Å². The monoisotopic (exact) mass is 267 g/mol. The number of nitrogens with two attached hydrogens (primary N) is 1. The van der Waals surface area contributed by atoms with Crippen LogP contribution in [0.3, 0.4) is 0 Å². The highest BCUT2D eigenvalue weighted by Crippen LogP contribution is 2.31. The van der Waals surface area contributed by atoms with Gasteiger partial charge in [-0.05, 0) is 51.1 Å². The third-order valence-electron chi connectivity index (χ3n) is 3.31. The van der Waals surface area contributed by atoms with Crippen molar-refractivity contribution in [1.82, 2.24) is 9.62 Å². The molecule has 3 nitrogen and oxygen atoms in total. The molecule has 18 heavy (non-hydrogen) atoms. The average molecular weight is 267 g/mol. The van der Waals surface area contributed by atoms with Crippen molar-refractivity contribution in [2.75, 3.05) is 20.1 Å². The van der Waals surface area contributed by atoms with E-state index in [1.54, 1.807) is 0 Å². The Morgan fingerprint density at radius 1 is 1.22 bits per heavy atom. The highest BCUT2D eigenvalue weighted by Gasteiger charge is 2.15. The summed E-state index contributed by atoms with van der Waals surface area (Å²) in [7, 11) is 1.91. The Kier molecular flexibility index (Phi) is 5.82. The molecule has 1 saturated heterocycles. The largest absolute Gasteiger partial charge is 0.399 e. The van der Waals surface area contributed by atoms with Crippen molar-refractivity contribution in [3.05, 3.63) is 34.0 Å². The minimum absolute atomic E-state index is 0.626. The molecule has 0 aliphatic carbocycles. The summed E-state index contributed by atoms with van der Waals surface area (Å²) < 4.78 is 2.42. The first kappa shape index (κ1) is 15.2. The van der Waals surface area contributed by atoms with E-state index in [1.807, 2.05) is 25.9 Å². The van der Waals surface area contributed by atoms with Crippen LogP contribution < -0.4 is 11.1 Å². The molecule has 0 amide bonds. The SMILES string of the molecule is C=C(N)C(=C(/C)NC)/C(C)=C(\C)SN1CCCC1. The Labute approximate surface area is 115 Å². The van der Waals surface area contributed by atoms with Gasteiger partial charge in [-0.1, -0.05) is 6.58 Å². The third kappa shape index (κ3) is 3.82. The first-order valence-electron chi connectivity index (χ1n) is 6.41. The van der Waals surface area contributed by atoms with Crippen LogP contribution in [0.4, 0.5) is 0 Å². The minimum Gasteiger partial charge on any atom is -0.399 e. The van der Waals surface area contributed by atoms with Gasteiger partial charge < -0.3 is 11.1 Å².